The SMILES string of the molecule is Cc1nc2nc(N3C[C@@H](C)O[C@@H](c4cnn(C5CC5)c4)C3)nc(-c3ccc4c(c3F)CCC43SC=CS3)c2nc1C. The summed E-state index contributed by atoms with van der Waals surface area (Å²) in [6, 6.07) is 4.47. The van der Waals surface area contributed by atoms with Crippen LogP contribution in [-0.2, 0) is 15.2 Å². The van der Waals surface area contributed by atoms with Gasteiger partial charge in [0.2, 0.25) is 5.95 Å². The molecule has 8 nitrogen and oxygen atoms in total. The van der Waals surface area contributed by atoms with Crippen LogP contribution in [0.2, 0.25) is 0 Å². The molecule has 0 bridgehead atoms. The van der Waals surface area contributed by atoms with Crippen molar-refractivity contribution >= 4 is 40.6 Å². The molecular formula is C30H30FN7OS2. The highest BCUT2D eigenvalue weighted by atomic mass is 32.2. The van der Waals surface area contributed by atoms with E-state index in [0.29, 0.717) is 53.9 Å². The molecule has 2 atom stereocenters. The molecule has 1 aromatic carbocycles. The van der Waals surface area contributed by atoms with Crippen LogP contribution in [0.4, 0.5) is 10.3 Å². The smallest absolute Gasteiger partial charge is 0.228 e. The third-order valence-corrected chi connectivity index (χ3v) is 11.5. The second-order valence-corrected chi connectivity index (χ2v) is 14.1. The number of anilines is 1. The lowest BCUT2D eigenvalue weighted by Gasteiger charge is -2.36. The molecule has 5 heterocycles. The minimum Gasteiger partial charge on any atom is -0.367 e. The van der Waals surface area contributed by atoms with Crippen molar-refractivity contribution in [2.24, 2.45) is 0 Å². The van der Waals surface area contributed by atoms with Gasteiger partial charge in [-0.25, -0.2) is 19.3 Å². The molecule has 8 rings (SSSR count). The fourth-order valence-corrected chi connectivity index (χ4v) is 8.68. The fourth-order valence-electron chi connectivity index (χ4n) is 6.16. The van der Waals surface area contributed by atoms with E-state index in [9.17, 15) is 0 Å². The summed E-state index contributed by atoms with van der Waals surface area (Å²) in [5.74, 6) is 0.307. The van der Waals surface area contributed by atoms with E-state index in [0.717, 1.165) is 34.5 Å². The standard InChI is InChI=1S/C30H30FN7OS2/c1-16-13-37(15-24(39-16)19-12-32-38(14-19)20-4-5-20)29-35-26(27-28(36-29)34-18(3)17(2)33-27)22-6-7-23-21(25(22)31)8-9-30(23)40-10-11-41-30/h6-7,10-12,14,16,20,24H,4-5,8-9,13,15H2,1-3H3/t16-,24-/m1/s1. The lowest BCUT2D eigenvalue weighted by Crippen LogP contribution is -2.43. The molecule has 210 valence electrons. The summed E-state index contributed by atoms with van der Waals surface area (Å²) in [5, 5.41) is 8.80. The number of aromatic nitrogens is 6. The molecule has 0 N–H and O–H groups in total. The molecule has 2 fully saturated rings. The van der Waals surface area contributed by atoms with Gasteiger partial charge in [-0.2, -0.15) is 10.1 Å². The maximum atomic E-state index is 16.4. The second-order valence-electron chi connectivity index (χ2n) is 11.5. The summed E-state index contributed by atoms with van der Waals surface area (Å²) in [5.41, 5.74) is 6.44. The molecule has 1 saturated carbocycles. The monoisotopic (exact) mass is 587 g/mol. The molecule has 41 heavy (non-hydrogen) atoms. The van der Waals surface area contributed by atoms with Crippen LogP contribution in [0, 0.1) is 19.7 Å². The van der Waals surface area contributed by atoms with Crippen molar-refractivity contribution in [3.05, 3.63) is 69.2 Å². The zero-order chi connectivity index (χ0) is 27.9. The maximum Gasteiger partial charge on any atom is 0.228 e. The van der Waals surface area contributed by atoms with Crippen molar-refractivity contribution in [2.75, 3.05) is 18.0 Å². The van der Waals surface area contributed by atoms with Gasteiger partial charge in [0.05, 0.1) is 40.4 Å². The average molecular weight is 588 g/mol. The highest BCUT2D eigenvalue weighted by Gasteiger charge is 2.43. The molecule has 2 aliphatic heterocycles. The van der Waals surface area contributed by atoms with Crippen molar-refractivity contribution in [2.45, 2.75) is 68.8 Å². The Morgan fingerprint density at radius 1 is 1.02 bits per heavy atom. The Morgan fingerprint density at radius 3 is 2.63 bits per heavy atom. The minimum absolute atomic E-state index is 0.0467. The first kappa shape index (κ1) is 25.7. The zero-order valence-corrected chi connectivity index (χ0v) is 24.8. The largest absolute Gasteiger partial charge is 0.367 e. The first-order chi connectivity index (χ1) is 19.9. The number of rotatable bonds is 4. The van der Waals surface area contributed by atoms with Gasteiger partial charge in [0.1, 0.15) is 23.1 Å². The summed E-state index contributed by atoms with van der Waals surface area (Å²) in [7, 11) is 0. The first-order valence-corrected chi connectivity index (χ1v) is 15.9. The normalized spacial score (nSPS) is 23.2. The van der Waals surface area contributed by atoms with E-state index >= 15 is 4.39 Å². The molecule has 3 aromatic heterocycles. The molecule has 0 unspecified atom stereocenters. The molecule has 4 aliphatic rings. The number of ether oxygens (including phenoxy) is 1. The molecule has 2 aliphatic carbocycles. The molecule has 4 aromatic rings. The maximum absolute atomic E-state index is 16.4. The van der Waals surface area contributed by atoms with Gasteiger partial charge in [-0.15, -0.1) is 23.5 Å². The lowest BCUT2D eigenvalue weighted by atomic mass is 10.0. The van der Waals surface area contributed by atoms with Crippen LogP contribution in [0.3, 0.4) is 0 Å². The number of benzene rings is 1. The Morgan fingerprint density at radius 2 is 1.83 bits per heavy atom. The number of nitrogens with zero attached hydrogens (tertiary/aromatic N) is 7. The van der Waals surface area contributed by atoms with Crippen LogP contribution in [0.25, 0.3) is 22.4 Å². The van der Waals surface area contributed by atoms with Gasteiger partial charge in [0.15, 0.2) is 5.65 Å². The van der Waals surface area contributed by atoms with Crippen LogP contribution < -0.4 is 4.90 Å². The van der Waals surface area contributed by atoms with Crippen LogP contribution in [0.15, 0.2) is 35.3 Å². The van der Waals surface area contributed by atoms with Crippen molar-refractivity contribution in [1.82, 2.24) is 29.7 Å². The Bertz CT molecular complexity index is 1730. The van der Waals surface area contributed by atoms with Gasteiger partial charge >= 0.3 is 0 Å². The topological polar surface area (TPSA) is 81.9 Å². The van der Waals surface area contributed by atoms with Crippen LogP contribution in [0.1, 0.15) is 66.4 Å². The molecule has 0 amide bonds. The number of morpholine rings is 1. The van der Waals surface area contributed by atoms with E-state index in [1.807, 2.05) is 30.8 Å². The number of thioether (sulfide) groups is 2. The number of aryl methyl sites for hydroxylation is 2. The average Bonchev–Trinajstić information content (AvgIpc) is 3.35. The van der Waals surface area contributed by atoms with E-state index in [2.05, 4.69) is 40.0 Å². The van der Waals surface area contributed by atoms with Crippen molar-refractivity contribution in [1.29, 1.82) is 0 Å². The summed E-state index contributed by atoms with van der Waals surface area (Å²) in [6.45, 7) is 7.09. The minimum atomic E-state index is -0.209. The first-order valence-electron chi connectivity index (χ1n) is 14.2. The predicted molar refractivity (Wildman–Crippen MR) is 160 cm³/mol. The number of hydrogen-bond acceptors (Lipinski definition) is 9. The summed E-state index contributed by atoms with van der Waals surface area (Å²) in [4.78, 5) is 21.6. The van der Waals surface area contributed by atoms with E-state index < -0.39 is 0 Å². The molecule has 0 radical (unpaired) electrons. The highest BCUT2D eigenvalue weighted by molar-refractivity contribution is 8.22. The van der Waals surface area contributed by atoms with Crippen LogP contribution in [-0.4, -0.2) is 48.9 Å². The number of hydrogen-bond donors (Lipinski definition) is 0. The lowest BCUT2D eigenvalue weighted by molar-refractivity contribution is -0.0178. The van der Waals surface area contributed by atoms with Crippen LogP contribution >= 0.6 is 23.5 Å². The van der Waals surface area contributed by atoms with E-state index in [4.69, 9.17) is 24.7 Å². The predicted octanol–water partition coefficient (Wildman–Crippen LogP) is 6.39. The van der Waals surface area contributed by atoms with Gasteiger partial charge in [0, 0.05) is 23.9 Å². The van der Waals surface area contributed by atoms with Crippen molar-refractivity contribution in [3.63, 3.8) is 0 Å². The molecule has 11 heteroatoms. The van der Waals surface area contributed by atoms with E-state index in [1.165, 1.54) is 12.8 Å². The quantitative estimate of drug-likeness (QED) is 0.270. The van der Waals surface area contributed by atoms with Gasteiger partial charge in [-0.3, -0.25) is 4.68 Å². The second kappa shape index (κ2) is 9.50. The van der Waals surface area contributed by atoms with E-state index in [1.54, 1.807) is 23.5 Å². The van der Waals surface area contributed by atoms with Gasteiger partial charge < -0.3 is 9.64 Å². The number of halogens is 1. The Balaban J connectivity index is 1.22. The highest BCUT2D eigenvalue weighted by Crippen LogP contribution is 2.60. The Hall–Kier alpha value is -3.02. The van der Waals surface area contributed by atoms with Gasteiger partial charge in [-0.1, -0.05) is 6.07 Å². The molecule has 1 saturated heterocycles. The van der Waals surface area contributed by atoms with Crippen molar-refractivity contribution in [3.8, 4) is 11.3 Å². The fraction of sp³-hybridized carbons (Fsp3) is 0.433. The molecular weight excluding hydrogens is 558 g/mol. The summed E-state index contributed by atoms with van der Waals surface area (Å²) >= 11 is 3.56. The van der Waals surface area contributed by atoms with E-state index in [-0.39, 0.29) is 22.1 Å². The summed E-state index contributed by atoms with van der Waals surface area (Å²) < 4.78 is 24.7. The summed E-state index contributed by atoms with van der Waals surface area (Å²) in [6.07, 6.45) is 7.77. The zero-order valence-electron chi connectivity index (χ0n) is 23.2. The molecule has 1 spiro atoms. The van der Waals surface area contributed by atoms with Gasteiger partial charge in [0.25, 0.3) is 0 Å². The number of fused-ring (bicyclic) bond motifs is 3. The van der Waals surface area contributed by atoms with Gasteiger partial charge in [-0.05, 0) is 74.5 Å². The third kappa shape index (κ3) is 4.27. The van der Waals surface area contributed by atoms with Crippen molar-refractivity contribution < 1.29 is 9.13 Å². The Labute approximate surface area is 246 Å². The Kier molecular flexibility index (Phi) is 5.95. The third-order valence-electron chi connectivity index (χ3n) is 8.57. The van der Waals surface area contributed by atoms with Crippen LogP contribution in [0.5, 0.6) is 0 Å².